The smallest absolute Gasteiger partial charge is 0.311 e. The van der Waals surface area contributed by atoms with E-state index in [4.69, 9.17) is 42.9 Å². The Morgan fingerprint density at radius 2 is 1.58 bits per heavy atom. The third-order valence-corrected chi connectivity index (χ3v) is 13.2. The fourth-order valence-corrected chi connectivity index (χ4v) is 9.65. The van der Waals surface area contributed by atoms with E-state index in [2.05, 4.69) is 11.8 Å². The zero-order valence-corrected chi connectivity index (χ0v) is 37.6. The Balaban J connectivity index is 1.89. The van der Waals surface area contributed by atoms with Crippen LogP contribution in [0, 0.1) is 17.8 Å². The van der Waals surface area contributed by atoms with Crippen LogP contribution >= 0.6 is 0 Å². The first kappa shape index (κ1) is 48.0. The number of likely N-dealkylation sites (N-methyl/N-ethyl adjacent to an activating group) is 1. The van der Waals surface area contributed by atoms with Crippen molar-refractivity contribution in [1.29, 1.82) is 0 Å². The van der Waals surface area contributed by atoms with Crippen molar-refractivity contribution >= 4 is 12.0 Å². The fourth-order valence-electron chi connectivity index (χ4n) is 9.65. The molecule has 18 atom stereocenters. The van der Waals surface area contributed by atoms with E-state index >= 15 is 0 Å². The number of carbonyl (C=O) groups excluding carboxylic acids is 1. The molecule has 0 saturated carbocycles. The van der Waals surface area contributed by atoms with Gasteiger partial charge in [0.05, 0.1) is 47.6 Å². The number of rotatable bonds is 9. The molecule has 4 rings (SSSR count). The molecule has 15 heteroatoms. The van der Waals surface area contributed by atoms with Crippen LogP contribution in [0.3, 0.4) is 0 Å². The third-order valence-electron chi connectivity index (χ3n) is 13.2. The number of carbonyl (C=O) groups is 1. The minimum absolute atomic E-state index is 0.0424. The number of fused-ring (bicyclic) bond motifs is 2. The minimum atomic E-state index is -1.60. The maximum Gasteiger partial charge on any atom is 0.311 e. The number of aliphatic imine (C=N–C) groups is 1. The molecular formula is C42H77N3O12. The van der Waals surface area contributed by atoms with E-state index in [-0.39, 0.29) is 36.6 Å². The summed E-state index contributed by atoms with van der Waals surface area (Å²) in [7, 11) is 7.04. The maximum atomic E-state index is 14.6. The first-order valence-electron chi connectivity index (χ1n) is 21.1. The Bertz CT molecular complexity index is 1350. The number of hydrogen-bond donors (Lipinski definition) is 3. The van der Waals surface area contributed by atoms with Crippen molar-refractivity contribution in [3.05, 3.63) is 0 Å². The molecule has 0 unspecified atom stereocenters. The standard InChI is InChI=1S/C42H77N3O12/c1-17-30-42(12,49)36-27(8)45(39(57-36)43-22(2)3)21-23(4)19-41(11,51-16)35(56-38-32(46)29(44(13)14)18-24(5)52-38)25(6)33(26(7)37(48)54-30)55-31-20-40(10,50-15)34(47)28(9)53-31/h22-36,38,46-47,49H,17-21H2,1-16H3/t23-,24-,25+,26-,27-,28+,29+,30-,31-,32-,33+,34+,35-,36-,38+,40-,41-,42-/m1/s1. The summed E-state index contributed by atoms with van der Waals surface area (Å²) >= 11 is 0. The molecule has 0 amide bonds. The van der Waals surface area contributed by atoms with Gasteiger partial charge in [-0.2, -0.15) is 0 Å². The highest BCUT2D eigenvalue weighted by Crippen LogP contribution is 2.42. The van der Waals surface area contributed by atoms with E-state index in [1.54, 1.807) is 35.0 Å². The van der Waals surface area contributed by atoms with Gasteiger partial charge in [-0.15, -0.1) is 0 Å². The van der Waals surface area contributed by atoms with E-state index in [0.29, 0.717) is 31.8 Å². The molecule has 0 aliphatic carbocycles. The molecule has 57 heavy (non-hydrogen) atoms. The number of nitrogens with zero attached hydrogens (tertiary/aromatic N) is 3. The molecule has 0 aromatic carbocycles. The summed E-state index contributed by atoms with van der Waals surface area (Å²) in [5, 5.41) is 35.1. The van der Waals surface area contributed by atoms with Gasteiger partial charge in [-0.1, -0.05) is 20.8 Å². The Morgan fingerprint density at radius 3 is 2.14 bits per heavy atom. The van der Waals surface area contributed by atoms with E-state index in [9.17, 15) is 20.1 Å². The van der Waals surface area contributed by atoms with Crippen molar-refractivity contribution in [3.8, 4) is 0 Å². The number of aliphatic hydroxyl groups excluding tert-OH is 2. The van der Waals surface area contributed by atoms with Crippen LogP contribution in [0.25, 0.3) is 0 Å². The normalized spacial score (nSPS) is 47.5. The second-order valence-corrected chi connectivity index (χ2v) is 18.6. The van der Waals surface area contributed by atoms with Crippen molar-refractivity contribution in [2.75, 3.05) is 34.9 Å². The molecule has 0 radical (unpaired) electrons. The van der Waals surface area contributed by atoms with Crippen LogP contribution in [0.4, 0.5) is 0 Å². The highest BCUT2D eigenvalue weighted by atomic mass is 16.7. The minimum Gasteiger partial charge on any atom is -0.459 e. The van der Waals surface area contributed by atoms with Crippen molar-refractivity contribution in [2.24, 2.45) is 22.7 Å². The average Bonchev–Trinajstić information content (AvgIpc) is 3.43. The lowest BCUT2D eigenvalue weighted by atomic mass is 9.77. The molecule has 4 aliphatic heterocycles. The first-order valence-corrected chi connectivity index (χ1v) is 21.1. The molecule has 4 fully saturated rings. The SMILES string of the molecule is CC[C@H]1OC(=O)[C@H](C)[C@@H](O[C@@H]2C[C@@](C)(OC)[C@@H](O)[C@H](C)O2)[C@H](C)[C@@H](O[C@@H]2O[C@H](C)C[C@H](N(C)C)[C@H]2O)[C@](C)(OC)C[C@@H](C)CN2C(=NC(C)C)O[C@H]([C@H]2C)[C@]1(C)O. The quantitative estimate of drug-likeness (QED) is 0.288. The van der Waals surface area contributed by atoms with Crippen LogP contribution < -0.4 is 0 Å². The Labute approximate surface area is 342 Å². The van der Waals surface area contributed by atoms with Gasteiger partial charge < -0.3 is 63.0 Å². The number of ether oxygens (including phenoxy) is 8. The number of cyclic esters (lactones) is 1. The summed E-state index contributed by atoms with van der Waals surface area (Å²) in [5.74, 6) is -2.18. The zero-order chi connectivity index (χ0) is 42.9. The van der Waals surface area contributed by atoms with Crippen LogP contribution in [0.2, 0.25) is 0 Å². The van der Waals surface area contributed by atoms with Crippen LogP contribution in [-0.4, -0.2) is 168 Å². The van der Waals surface area contributed by atoms with Gasteiger partial charge in [0.25, 0.3) is 6.02 Å². The molecule has 3 N–H and O–H groups in total. The van der Waals surface area contributed by atoms with E-state index < -0.39 is 89.9 Å². The Kier molecular flexibility index (Phi) is 16.0. The lowest BCUT2D eigenvalue weighted by Crippen LogP contribution is -2.61. The molecule has 4 heterocycles. The molecular weight excluding hydrogens is 738 g/mol. The summed E-state index contributed by atoms with van der Waals surface area (Å²) in [5.41, 5.74) is -3.62. The van der Waals surface area contributed by atoms with Crippen LogP contribution in [0.5, 0.6) is 0 Å². The molecule has 4 aliphatic rings. The molecule has 0 aromatic heterocycles. The number of methoxy groups -OCH3 is 2. The highest BCUT2D eigenvalue weighted by molar-refractivity contribution is 5.77. The third kappa shape index (κ3) is 10.3. The van der Waals surface area contributed by atoms with Crippen molar-refractivity contribution in [1.82, 2.24) is 9.80 Å². The van der Waals surface area contributed by atoms with Gasteiger partial charge in [0.2, 0.25) is 0 Å². The van der Waals surface area contributed by atoms with E-state index in [1.165, 1.54) is 0 Å². The fraction of sp³-hybridized carbons (Fsp3) is 0.952. The van der Waals surface area contributed by atoms with Gasteiger partial charge in [-0.25, -0.2) is 4.99 Å². The van der Waals surface area contributed by atoms with Gasteiger partial charge in [-0.3, -0.25) is 4.79 Å². The summed E-state index contributed by atoms with van der Waals surface area (Å²) in [6.07, 6.45) is -6.55. The number of hydrogen-bond acceptors (Lipinski definition) is 14. The molecule has 4 saturated heterocycles. The van der Waals surface area contributed by atoms with Crippen molar-refractivity contribution in [2.45, 2.75) is 205 Å². The average molecular weight is 816 g/mol. The van der Waals surface area contributed by atoms with E-state index in [1.807, 2.05) is 74.4 Å². The largest absolute Gasteiger partial charge is 0.459 e. The molecule has 15 nitrogen and oxygen atoms in total. The highest BCUT2D eigenvalue weighted by Gasteiger charge is 2.56. The van der Waals surface area contributed by atoms with Crippen molar-refractivity contribution < 1.29 is 58.0 Å². The Hall–Kier alpha value is -1.66. The molecule has 2 bridgehead atoms. The first-order chi connectivity index (χ1) is 26.4. The summed E-state index contributed by atoms with van der Waals surface area (Å²) in [6.45, 7) is 23.3. The zero-order valence-electron chi connectivity index (χ0n) is 37.6. The lowest BCUT2D eigenvalue weighted by Gasteiger charge is -2.49. The number of amidine groups is 1. The molecule has 332 valence electrons. The van der Waals surface area contributed by atoms with Crippen LogP contribution in [0.1, 0.15) is 109 Å². The van der Waals surface area contributed by atoms with Gasteiger partial charge in [0, 0.05) is 45.2 Å². The summed E-state index contributed by atoms with van der Waals surface area (Å²) < 4.78 is 51.6. The van der Waals surface area contributed by atoms with Crippen LogP contribution in [0.15, 0.2) is 4.99 Å². The predicted molar refractivity (Wildman–Crippen MR) is 214 cm³/mol. The van der Waals surface area contributed by atoms with E-state index in [0.717, 1.165) is 0 Å². The molecule has 0 spiro atoms. The molecule has 0 aromatic rings. The van der Waals surface area contributed by atoms with Crippen LogP contribution in [-0.2, 0) is 42.7 Å². The van der Waals surface area contributed by atoms with Gasteiger partial charge in [0.1, 0.15) is 23.9 Å². The maximum absolute atomic E-state index is 14.6. The monoisotopic (exact) mass is 816 g/mol. The topological polar surface area (TPSA) is 170 Å². The summed E-state index contributed by atoms with van der Waals surface area (Å²) in [4.78, 5) is 23.4. The Morgan fingerprint density at radius 1 is 0.947 bits per heavy atom. The van der Waals surface area contributed by atoms with Gasteiger partial charge >= 0.3 is 5.97 Å². The number of esters is 1. The number of aliphatic hydroxyl groups is 3. The second kappa shape index (κ2) is 18.9. The van der Waals surface area contributed by atoms with Gasteiger partial charge in [0.15, 0.2) is 18.7 Å². The van der Waals surface area contributed by atoms with Gasteiger partial charge in [-0.05, 0) is 102 Å². The lowest BCUT2D eigenvalue weighted by molar-refractivity contribution is -0.319. The summed E-state index contributed by atoms with van der Waals surface area (Å²) in [6, 6.07) is -0.196. The predicted octanol–water partition coefficient (Wildman–Crippen LogP) is 3.73. The second-order valence-electron chi connectivity index (χ2n) is 18.6. The van der Waals surface area contributed by atoms with Crippen molar-refractivity contribution in [3.63, 3.8) is 0 Å².